The van der Waals surface area contributed by atoms with Crippen LogP contribution >= 0.6 is 0 Å². The summed E-state index contributed by atoms with van der Waals surface area (Å²) in [4.78, 5) is 2.37. The lowest BCUT2D eigenvalue weighted by Crippen LogP contribution is -2.13. The van der Waals surface area contributed by atoms with Gasteiger partial charge in [-0.05, 0) is 85.6 Å². The fourth-order valence-electron chi connectivity index (χ4n) is 7.35. The van der Waals surface area contributed by atoms with Crippen molar-refractivity contribution < 1.29 is 0 Å². The quantitative estimate of drug-likeness (QED) is 0.171. The van der Waals surface area contributed by atoms with Gasteiger partial charge in [0.1, 0.15) is 0 Å². The van der Waals surface area contributed by atoms with Crippen molar-refractivity contribution in [1.82, 2.24) is 19.3 Å². The Hall–Kier alpha value is -6.72. The van der Waals surface area contributed by atoms with Gasteiger partial charge in [-0.25, -0.2) is 0 Å². The van der Waals surface area contributed by atoms with Crippen molar-refractivity contribution in [2.45, 2.75) is 13.8 Å². The highest BCUT2D eigenvalue weighted by Gasteiger charge is 2.20. The van der Waals surface area contributed by atoms with Gasteiger partial charge in [0.05, 0.1) is 16.7 Å². The zero-order valence-corrected chi connectivity index (χ0v) is 28.5. The van der Waals surface area contributed by atoms with Gasteiger partial charge in [-0.1, -0.05) is 115 Å². The van der Waals surface area contributed by atoms with Crippen LogP contribution < -0.4 is 4.90 Å². The van der Waals surface area contributed by atoms with Gasteiger partial charge < -0.3 is 9.47 Å². The van der Waals surface area contributed by atoms with Crippen molar-refractivity contribution in [2.75, 3.05) is 4.90 Å². The second kappa shape index (κ2) is 12.6. The molecule has 0 radical (unpaired) electrons. The van der Waals surface area contributed by atoms with Crippen LogP contribution in [0.15, 0.2) is 176 Å². The fourth-order valence-corrected chi connectivity index (χ4v) is 7.35. The summed E-state index contributed by atoms with van der Waals surface area (Å²) < 4.78 is 4.51. The first-order chi connectivity index (χ1) is 25.2. The van der Waals surface area contributed by atoms with Gasteiger partial charge in [0.15, 0.2) is 11.6 Å². The molecule has 0 unspecified atom stereocenters. The maximum absolute atomic E-state index is 4.68. The number of hydrogen-bond donors (Lipinski definition) is 0. The van der Waals surface area contributed by atoms with Crippen LogP contribution in [0, 0.1) is 13.8 Å². The number of hydrogen-bond acceptors (Lipinski definition) is 3. The standard InChI is InChI=1S/C46H35N5/c1-32-14-13-15-33(2)44(32)49(36-24-28-38(29-25-36)50-42-22-11-9-20-40(42)41-21-10-12-23-43(41)50)37-26-30-39(31-27-37)51-45(34-16-5-3-6-17-34)47-48-46(51)35-18-7-4-8-19-35/h3-31H,1-2H3. The predicted octanol–water partition coefficient (Wildman–Crippen LogP) is 11.8. The van der Waals surface area contributed by atoms with E-state index in [4.69, 9.17) is 0 Å². The third kappa shape index (κ3) is 5.27. The molecule has 2 heterocycles. The fraction of sp³-hybridized carbons (Fsp3) is 0.0435. The third-order valence-corrected chi connectivity index (χ3v) is 9.70. The first kappa shape index (κ1) is 30.3. The Morgan fingerprint density at radius 2 is 0.804 bits per heavy atom. The molecule has 5 heteroatoms. The van der Waals surface area contributed by atoms with Gasteiger partial charge in [0, 0.05) is 44.6 Å². The van der Waals surface area contributed by atoms with E-state index in [1.54, 1.807) is 0 Å². The Morgan fingerprint density at radius 3 is 1.27 bits per heavy atom. The minimum atomic E-state index is 0.800. The number of para-hydroxylation sites is 3. The molecule has 0 spiro atoms. The van der Waals surface area contributed by atoms with E-state index in [-0.39, 0.29) is 0 Å². The molecule has 0 fully saturated rings. The lowest BCUT2D eigenvalue weighted by atomic mass is 10.1. The van der Waals surface area contributed by atoms with Gasteiger partial charge in [0.2, 0.25) is 0 Å². The second-order valence-electron chi connectivity index (χ2n) is 12.9. The Kier molecular flexibility index (Phi) is 7.51. The number of nitrogens with zero attached hydrogens (tertiary/aromatic N) is 5. The lowest BCUT2D eigenvalue weighted by Gasteiger charge is -2.29. The topological polar surface area (TPSA) is 38.9 Å². The summed E-state index contributed by atoms with van der Waals surface area (Å²) in [5.74, 6) is 1.60. The zero-order valence-electron chi connectivity index (χ0n) is 28.5. The lowest BCUT2D eigenvalue weighted by molar-refractivity contribution is 1.07. The molecule has 0 amide bonds. The molecule has 0 atom stereocenters. The number of aryl methyl sites for hydroxylation is 2. The SMILES string of the molecule is Cc1cccc(C)c1N(c1ccc(-n2c(-c3ccccc3)nnc2-c2ccccc2)cc1)c1ccc(-n2c3ccccc3c3ccccc32)cc1. The van der Waals surface area contributed by atoms with Crippen LogP contribution in [0.4, 0.5) is 17.1 Å². The molecule has 0 saturated heterocycles. The molecule has 9 aromatic rings. The number of rotatable bonds is 7. The first-order valence-electron chi connectivity index (χ1n) is 17.3. The van der Waals surface area contributed by atoms with Crippen molar-refractivity contribution in [3.05, 3.63) is 187 Å². The summed E-state index contributed by atoms with van der Waals surface area (Å²) in [5, 5.41) is 11.9. The van der Waals surface area contributed by atoms with E-state index in [0.29, 0.717) is 0 Å². The monoisotopic (exact) mass is 657 g/mol. The molecule has 7 aromatic carbocycles. The van der Waals surface area contributed by atoms with Crippen molar-refractivity contribution in [3.8, 4) is 34.2 Å². The van der Waals surface area contributed by atoms with Crippen LogP contribution in [0.1, 0.15) is 11.1 Å². The Morgan fingerprint density at radius 1 is 0.392 bits per heavy atom. The zero-order chi connectivity index (χ0) is 34.3. The summed E-state index contributed by atoms with van der Waals surface area (Å²) >= 11 is 0. The molecule has 2 aromatic heterocycles. The summed E-state index contributed by atoms with van der Waals surface area (Å²) in [7, 11) is 0. The first-order valence-corrected chi connectivity index (χ1v) is 17.3. The third-order valence-electron chi connectivity index (χ3n) is 9.70. The van der Waals surface area contributed by atoms with Crippen LogP contribution in [-0.2, 0) is 0 Å². The van der Waals surface area contributed by atoms with Gasteiger partial charge in [0.25, 0.3) is 0 Å². The molecule has 0 saturated carbocycles. The van der Waals surface area contributed by atoms with E-state index in [1.165, 1.54) is 38.6 Å². The molecular weight excluding hydrogens is 623 g/mol. The number of aromatic nitrogens is 4. The average Bonchev–Trinajstić information content (AvgIpc) is 3.78. The summed E-state index contributed by atoms with van der Waals surface area (Å²) in [6, 6.07) is 62.0. The maximum Gasteiger partial charge on any atom is 0.168 e. The van der Waals surface area contributed by atoms with E-state index in [1.807, 2.05) is 36.4 Å². The van der Waals surface area contributed by atoms with Crippen LogP contribution in [0.5, 0.6) is 0 Å². The predicted molar refractivity (Wildman–Crippen MR) is 211 cm³/mol. The summed E-state index contributed by atoms with van der Waals surface area (Å²) in [5.41, 5.74) is 12.3. The van der Waals surface area contributed by atoms with E-state index in [2.05, 4.69) is 178 Å². The number of benzene rings is 7. The minimum Gasteiger partial charge on any atom is -0.310 e. The molecule has 0 aliphatic rings. The van der Waals surface area contributed by atoms with Crippen molar-refractivity contribution in [2.24, 2.45) is 0 Å². The second-order valence-corrected chi connectivity index (χ2v) is 12.9. The van der Waals surface area contributed by atoms with Gasteiger partial charge >= 0.3 is 0 Å². The normalized spacial score (nSPS) is 11.3. The molecule has 5 nitrogen and oxygen atoms in total. The van der Waals surface area contributed by atoms with Crippen molar-refractivity contribution >= 4 is 38.9 Å². The Balaban J connectivity index is 1.16. The molecule has 51 heavy (non-hydrogen) atoms. The molecule has 0 aliphatic heterocycles. The average molecular weight is 658 g/mol. The highest BCUT2D eigenvalue weighted by Crippen LogP contribution is 2.40. The maximum atomic E-state index is 4.68. The summed E-state index contributed by atoms with van der Waals surface area (Å²) in [6.45, 7) is 4.37. The minimum absolute atomic E-state index is 0.800. The Labute approximate surface area is 297 Å². The van der Waals surface area contributed by atoms with Crippen molar-refractivity contribution in [1.29, 1.82) is 0 Å². The van der Waals surface area contributed by atoms with E-state index >= 15 is 0 Å². The molecule has 244 valence electrons. The smallest absolute Gasteiger partial charge is 0.168 e. The van der Waals surface area contributed by atoms with Crippen LogP contribution in [0.2, 0.25) is 0 Å². The van der Waals surface area contributed by atoms with Crippen LogP contribution in [-0.4, -0.2) is 19.3 Å². The molecule has 0 aliphatic carbocycles. The number of anilines is 3. The summed E-state index contributed by atoms with van der Waals surface area (Å²) in [6.07, 6.45) is 0. The van der Waals surface area contributed by atoms with Gasteiger partial charge in [-0.2, -0.15) is 0 Å². The van der Waals surface area contributed by atoms with E-state index in [9.17, 15) is 0 Å². The highest BCUT2D eigenvalue weighted by molar-refractivity contribution is 6.09. The van der Waals surface area contributed by atoms with Gasteiger partial charge in [-0.3, -0.25) is 4.57 Å². The molecule has 9 rings (SSSR count). The molecular formula is C46H35N5. The van der Waals surface area contributed by atoms with E-state index in [0.717, 1.165) is 45.5 Å². The molecule has 0 N–H and O–H groups in total. The molecule has 0 bridgehead atoms. The van der Waals surface area contributed by atoms with E-state index < -0.39 is 0 Å². The van der Waals surface area contributed by atoms with Gasteiger partial charge in [-0.15, -0.1) is 10.2 Å². The highest BCUT2D eigenvalue weighted by atomic mass is 15.3. The van der Waals surface area contributed by atoms with Crippen LogP contribution in [0.25, 0.3) is 56.0 Å². The number of fused-ring (bicyclic) bond motifs is 3. The Bertz CT molecular complexity index is 2500. The van der Waals surface area contributed by atoms with Crippen LogP contribution in [0.3, 0.4) is 0 Å². The largest absolute Gasteiger partial charge is 0.310 e. The van der Waals surface area contributed by atoms with Crippen molar-refractivity contribution in [3.63, 3.8) is 0 Å².